The SMILES string of the molecule is COc1ccccc1-c1nnc2c3c(sc4c(Br)cccc43)c(N3CCCCC3)nn12. The van der Waals surface area contributed by atoms with Crippen molar-refractivity contribution in [2.24, 2.45) is 0 Å². The van der Waals surface area contributed by atoms with Crippen LogP contribution in [0.5, 0.6) is 5.75 Å². The van der Waals surface area contributed by atoms with Crippen molar-refractivity contribution in [2.75, 3.05) is 25.1 Å². The zero-order chi connectivity index (χ0) is 20.9. The molecular weight excluding hydrogens is 474 g/mol. The van der Waals surface area contributed by atoms with Crippen molar-refractivity contribution in [1.82, 2.24) is 19.8 Å². The van der Waals surface area contributed by atoms with Gasteiger partial charge in [-0.25, -0.2) is 0 Å². The fourth-order valence-electron chi connectivity index (χ4n) is 4.44. The molecule has 0 N–H and O–H groups in total. The summed E-state index contributed by atoms with van der Waals surface area (Å²) < 4.78 is 11.0. The van der Waals surface area contributed by atoms with Gasteiger partial charge in [0.1, 0.15) is 5.75 Å². The summed E-state index contributed by atoms with van der Waals surface area (Å²) in [5.41, 5.74) is 1.66. The maximum Gasteiger partial charge on any atom is 0.189 e. The van der Waals surface area contributed by atoms with Gasteiger partial charge in [0, 0.05) is 27.6 Å². The number of halogens is 1. The molecule has 4 heterocycles. The van der Waals surface area contributed by atoms with Crippen molar-refractivity contribution in [3.05, 3.63) is 46.9 Å². The number of piperidine rings is 1. The Kier molecular flexibility index (Phi) is 4.57. The maximum atomic E-state index is 5.60. The highest BCUT2D eigenvalue weighted by Crippen LogP contribution is 2.44. The number of hydrogen-bond donors (Lipinski definition) is 0. The van der Waals surface area contributed by atoms with Crippen LogP contribution in [-0.2, 0) is 0 Å². The molecule has 0 aliphatic carbocycles. The summed E-state index contributed by atoms with van der Waals surface area (Å²) in [7, 11) is 1.68. The standard InChI is InChI=1S/C23H20BrN5OS/c1-30-17-11-4-3-8-14(17)21-25-26-22-18-15-9-7-10-16(24)19(15)31-20(18)23(27-29(21)22)28-12-5-2-6-13-28/h3-4,7-11H,2,5-6,12-13H2,1H3. The lowest BCUT2D eigenvalue weighted by Gasteiger charge is -2.28. The molecule has 0 atom stereocenters. The van der Waals surface area contributed by atoms with Crippen LogP contribution >= 0.6 is 27.3 Å². The van der Waals surface area contributed by atoms with Crippen LogP contribution in [0.25, 0.3) is 37.2 Å². The lowest BCUT2D eigenvalue weighted by atomic mass is 10.1. The predicted molar refractivity (Wildman–Crippen MR) is 129 cm³/mol. The first kappa shape index (κ1) is 19.0. The molecule has 1 aliphatic heterocycles. The molecule has 1 saturated heterocycles. The highest BCUT2D eigenvalue weighted by molar-refractivity contribution is 9.10. The van der Waals surface area contributed by atoms with Gasteiger partial charge in [0.2, 0.25) is 0 Å². The summed E-state index contributed by atoms with van der Waals surface area (Å²) in [6.45, 7) is 2.05. The third-order valence-corrected chi connectivity index (χ3v) is 8.09. The minimum atomic E-state index is 0.696. The van der Waals surface area contributed by atoms with Crippen molar-refractivity contribution in [2.45, 2.75) is 19.3 Å². The maximum absolute atomic E-state index is 5.60. The molecule has 0 unspecified atom stereocenters. The number of methoxy groups -OCH3 is 1. The summed E-state index contributed by atoms with van der Waals surface area (Å²) in [6.07, 6.45) is 3.66. The Labute approximate surface area is 191 Å². The quantitative estimate of drug-likeness (QED) is 0.312. The highest BCUT2D eigenvalue weighted by Gasteiger charge is 2.24. The van der Waals surface area contributed by atoms with Gasteiger partial charge in [0.25, 0.3) is 0 Å². The van der Waals surface area contributed by atoms with Gasteiger partial charge in [0.05, 0.1) is 22.8 Å². The number of ether oxygens (including phenoxy) is 1. The molecule has 8 heteroatoms. The van der Waals surface area contributed by atoms with E-state index in [0.29, 0.717) is 5.82 Å². The molecule has 6 nitrogen and oxygen atoms in total. The summed E-state index contributed by atoms with van der Waals surface area (Å²) in [5, 5.41) is 16.6. The monoisotopic (exact) mass is 493 g/mol. The lowest BCUT2D eigenvalue weighted by Crippen LogP contribution is -2.30. The van der Waals surface area contributed by atoms with E-state index in [1.165, 1.54) is 34.0 Å². The van der Waals surface area contributed by atoms with Crippen molar-refractivity contribution in [3.8, 4) is 17.1 Å². The van der Waals surface area contributed by atoms with Gasteiger partial charge < -0.3 is 9.64 Å². The number of thiophene rings is 1. The first-order valence-corrected chi connectivity index (χ1v) is 12.0. The van der Waals surface area contributed by atoms with E-state index < -0.39 is 0 Å². The molecule has 1 aliphatic rings. The van der Waals surface area contributed by atoms with Crippen LogP contribution in [-0.4, -0.2) is 40.0 Å². The Hall–Kier alpha value is -2.71. The van der Waals surface area contributed by atoms with Crippen molar-refractivity contribution < 1.29 is 4.74 Å². The van der Waals surface area contributed by atoms with E-state index in [1.54, 1.807) is 18.4 Å². The van der Waals surface area contributed by atoms with E-state index in [1.807, 2.05) is 28.8 Å². The van der Waals surface area contributed by atoms with Crippen molar-refractivity contribution >= 4 is 58.9 Å². The molecule has 0 saturated carbocycles. The van der Waals surface area contributed by atoms with Crippen LogP contribution in [0, 0.1) is 0 Å². The predicted octanol–water partition coefficient (Wildman–Crippen LogP) is 5.92. The van der Waals surface area contributed by atoms with Gasteiger partial charge in [-0.15, -0.1) is 26.6 Å². The Morgan fingerprint density at radius 2 is 1.81 bits per heavy atom. The van der Waals surface area contributed by atoms with Crippen LogP contribution in [0.3, 0.4) is 0 Å². The number of hydrogen-bond acceptors (Lipinski definition) is 6. The molecule has 0 radical (unpaired) electrons. The second-order valence-electron chi connectivity index (χ2n) is 7.75. The fourth-order valence-corrected chi connectivity index (χ4v) is 6.27. The molecule has 3 aromatic heterocycles. The molecule has 1 fully saturated rings. The highest BCUT2D eigenvalue weighted by atomic mass is 79.9. The minimum absolute atomic E-state index is 0.696. The number of benzene rings is 2. The second-order valence-corrected chi connectivity index (χ2v) is 9.63. The Morgan fingerprint density at radius 3 is 2.65 bits per heavy atom. The molecule has 0 bridgehead atoms. The Bertz CT molecular complexity index is 1440. The molecular formula is C23H20BrN5OS. The van der Waals surface area contributed by atoms with Crippen LogP contribution in [0.2, 0.25) is 0 Å². The first-order chi connectivity index (χ1) is 15.3. The minimum Gasteiger partial charge on any atom is -0.496 e. The van der Waals surface area contributed by atoms with Crippen molar-refractivity contribution in [3.63, 3.8) is 0 Å². The molecule has 0 spiro atoms. The largest absolute Gasteiger partial charge is 0.496 e. The molecule has 31 heavy (non-hydrogen) atoms. The Balaban J connectivity index is 1.73. The number of para-hydroxylation sites is 1. The summed E-state index contributed by atoms with van der Waals surface area (Å²) in [5.74, 6) is 2.48. The van der Waals surface area contributed by atoms with E-state index in [2.05, 4.69) is 49.2 Å². The van der Waals surface area contributed by atoms with E-state index in [0.717, 1.165) is 45.7 Å². The third kappa shape index (κ3) is 2.92. The van der Waals surface area contributed by atoms with E-state index in [-0.39, 0.29) is 0 Å². The zero-order valence-corrected chi connectivity index (χ0v) is 19.4. The van der Waals surface area contributed by atoms with Crippen LogP contribution < -0.4 is 9.64 Å². The van der Waals surface area contributed by atoms with Gasteiger partial charge in [-0.3, -0.25) is 0 Å². The fraction of sp³-hybridized carbons (Fsp3) is 0.261. The number of anilines is 1. The first-order valence-electron chi connectivity index (χ1n) is 10.4. The zero-order valence-electron chi connectivity index (χ0n) is 17.0. The molecule has 0 amide bonds. The van der Waals surface area contributed by atoms with Crippen molar-refractivity contribution in [1.29, 1.82) is 0 Å². The smallest absolute Gasteiger partial charge is 0.189 e. The molecule has 156 valence electrons. The van der Waals surface area contributed by atoms with Crippen LogP contribution in [0.4, 0.5) is 5.82 Å². The molecule has 5 aromatic rings. The average Bonchev–Trinajstić information content (AvgIpc) is 3.41. The third-order valence-electron chi connectivity index (χ3n) is 5.93. The number of rotatable bonds is 3. The summed E-state index contributed by atoms with van der Waals surface area (Å²) in [4.78, 5) is 2.42. The van der Waals surface area contributed by atoms with E-state index >= 15 is 0 Å². The molecule has 2 aromatic carbocycles. The second kappa shape index (κ2) is 7.46. The normalized spacial score (nSPS) is 14.7. The van der Waals surface area contributed by atoms with Gasteiger partial charge >= 0.3 is 0 Å². The van der Waals surface area contributed by atoms with Gasteiger partial charge in [-0.1, -0.05) is 24.3 Å². The topological polar surface area (TPSA) is 55.6 Å². The number of aromatic nitrogens is 4. The number of fused-ring (bicyclic) bond motifs is 5. The number of nitrogens with zero attached hydrogens (tertiary/aromatic N) is 5. The molecule has 6 rings (SSSR count). The van der Waals surface area contributed by atoms with Gasteiger partial charge in [-0.2, -0.15) is 4.52 Å². The average molecular weight is 494 g/mol. The summed E-state index contributed by atoms with van der Waals surface area (Å²) in [6, 6.07) is 14.2. The van der Waals surface area contributed by atoms with Crippen LogP contribution in [0.15, 0.2) is 46.9 Å². The van der Waals surface area contributed by atoms with E-state index in [9.17, 15) is 0 Å². The van der Waals surface area contributed by atoms with Gasteiger partial charge in [0.15, 0.2) is 17.3 Å². The Morgan fingerprint density at radius 1 is 0.968 bits per heavy atom. The summed E-state index contributed by atoms with van der Waals surface area (Å²) >= 11 is 5.52. The van der Waals surface area contributed by atoms with Crippen LogP contribution in [0.1, 0.15) is 19.3 Å². The van der Waals surface area contributed by atoms with E-state index in [4.69, 9.17) is 9.84 Å². The lowest BCUT2D eigenvalue weighted by molar-refractivity contribution is 0.416. The van der Waals surface area contributed by atoms with Gasteiger partial charge in [-0.05, 0) is 53.4 Å².